The van der Waals surface area contributed by atoms with Crippen LogP contribution >= 0.6 is 0 Å². The lowest BCUT2D eigenvalue weighted by Gasteiger charge is -2.05. The van der Waals surface area contributed by atoms with Gasteiger partial charge in [0.05, 0.1) is 25.4 Å². The van der Waals surface area contributed by atoms with Crippen LogP contribution in [-0.4, -0.2) is 60.4 Å². The number of carbonyl (C=O) groups excluding carboxylic acids is 4. The molecule has 0 radical (unpaired) electrons. The van der Waals surface area contributed by atoms with E-state index in [0.717, 1.165) is 25.3 Å². The largest absolute Gasteiger partial charge is 0.478 e. The first kappa shape index (κ1) is 46.9. The Kier molecular flexibility index (Phi) is 36.9. The number of carboxylic acid groups (broad SMARTS) is 1. The third-order valence-corrected chi connectivity index (χ3v) is 3.27. The molecule has 41 heavy (non-hydrogen) atoms. The van der Waals surface area contributed by atoms with E-state index in [2.05, 4.69) is 42.4 Å². The van der Waals surface area contributed by atoms with E-state index in [1.807, 2.05) is 13.8 Å². The molecule has 10 nitrogen and oxygen atoms in total. The van der Waals surface area contributed by atoms with Crippen LogP contribution in [0.1, 0.15) is 81.6 Å². The average Bonchev–Trinajstić information content (AvgIpc) is 2.87. The summed E-state index contributed by atoms with van der Waals surface area (Å²) in [6.07, 6.45) is 5.08. The molecule has 0 fully saturated rings. The van der Waals surface area contributed by atoms with Crippen molar-refractivity contribution in [3.63, 3.8) is 0 Å². The first-order valence-corrected chi connectivity index (χ1v) is 13.0. The van der Waals surface area contributed by atoms with Crippen molar-refractivity contribution in [1.82, 2.24) is 0 Å². The number of hydrogen-bond donors (Lipinski definition) is 1. The Bertz CT molecular complexity index is 822. The van der Waals surface area contributed by atoms with Crippen LogP contribution in [0.15, 0.2) is 61.8 Å². The maximum atomic E-state index is 10.6. The second-order valence-corrected chi connectivity index (χ2v) is 8.65. The Morgan fingerprint density at radius 2 is 1.07 bits per heavy atom. The van der Waals surface area contributed by atoms with Gasteiger partial charge >= 0.3 is 29.8 Å². The topological polar surface area (TPSA) is 142 Å². The summed E-state index contributed by atoms with van der Waals surface area (Å²) in [5.74, 6) is -2.24. The first-order valence-electron chi connectivity index (χ1n) is 13.0. The van der Waals surface area contributed by atoms with Crippen molar-refractivity contribution >= 4 is 29.8 Å². The zero-order valence-electron chi connectivity index (χ0n) is 26.5. The molecule has 0 saturated carbocycles. The molecule has 0 amide bonds. The van der Waals surface area contributed by atoms with Gasteiger partial charge in [-0.3, -0.25) is 0 Å². The highest BCUT2D eigenvalue weighted by atomic mass is 16.5. The lowest BCUT2D eigenvalue weighted by Crippen LogP contribution is -2.11. The van der Waals surface area contributed by atoms with Gasteiger partial charge in [-0.2, -0.15) is 0 Å². The maximum Gasteiger partial charge on any atom is 0.333 e. The average molecular weight is 585 g/mol. The first-order chi connectivity index (χ1) is 18.8. The Morgan fingerprint density at radius 3 is 1.29 bits per heavy atom. The van der Waals surface area contributed by atoms with Gasteiger partial charge in [0.15, 0.2) is 0 Å². The molecule has 0 spiro atoms. The van der Waals surface area contributed by atoms with E-state index in [0.29, 0.717) is 24.4 Å². The van der Waals surface area contributed by atoms with Crippen molar-refractivity contribution in [3.8, 4) is 0 Å². The fourth-order valence-corrected chi connectivity index (χ4v) is 1.29. The zero-order chi connectivity index (χ0) is 33.6. The molecule has 0 aliphatic carbocycles. The quantitative estimate of drug-likeness (QED) is 0.120. The van der Waals surface area contributed by atoms with Gasteiger partial charge in [-0.05, 0) is 61.3 Å². The van der Waals surface area contributed by atoms with Gasteiger partial charge in [-0.15, -0.1) is 0 Å². The monoisotopic (exact) mass is 584 g/mol. The van der Waals surface area contributed by atoms with E-state index in [9.17, 15) is 24.0 Å². The SMILES string of the molecule is C=C(C)C(=O)O.C=C(C)C(=O)OC(C)C.C=C(C)C(=O)OCCC.C=CC(=O)OC(C)C.C=CC(=O)OCCCC. The van der Waals surface area contributed by atoms with Crippen LogP contribution in [0.25, 0.3) is 0 Å². The lowest BCUT2D eigenvalue weighted by atomic mass is 10.3. The molecule has 0 heterocycles. The molecule has 0 aromatic rings. The summed E-state index contributed by atoms with van der Waals surface area (Å²) in [7, 11) is 0. The van der Waals surface area contributed by atoms with Gasteiger partial charge in [0.1, 0.15) is 0 Å². The zero-order valence-corrected chi connectivity index (χ0v) is 26.5. The van der Waals surface area contributed by atoms with Crippen molar-refractivity contribution in [2.45, 2.75) is 93.8 Å². The second kappa shape index (κ2) is 32.3. The fraction of sp³-hybridized carbons (Fsp3) is 0.516. The predicted molar refractivity (Wildman–Crippen MR) is 162 cm³/mol. The van der Waals surface area contributed by atoms with Crippen LogP contribution in [0.2, 0.25) is 0 Å². The van der Waals surface area contributed by atoms with Crippen LogP contribution < -0.4 is 0 Å². The number of ether oxygens (including phenoxy) is 4. The number of carboxylic acids is 1. The van der Waals surface area contributed by atoms with Gasteiger partial charge in [-0.25, -0.2) is 24.0 Å². The molecule has 10 heteroatoms. The predicted octanol–water partition coefficient (Wildman–Crippen LogP) is 6.32. The van der Waals surface area contributed by atoms with Crippen LogP contribution in [-0.2, 0) is 42.9 Å². The summed E-state index contributed by atoms with van der Waals surface area (Å²) in [5.41, 5.74) is 1.09. The van der Waals surface area contributed by atoms with Crippen molar-refractivity contribution in [2.24, 2.45) is 0 Å². The summed E-state index contributed by atoms with van der Waals surface area (Å²) >= 11 is 0. The van der Waals surface area contributed by atoms with Gasteiger partial charge in [-0.1, -0.05) is 53.2 Å². The lowest BCUT2D eigenvalue weighted by molar-refractivity contribution is -0.143. The normalized spacial score (nSPS) is 8.66. The van der Waals surface area contributed by atoms with Gasteiger partial charge in [0, 0.05) is 28.9 Å². The molecular formula is C31H52O10. The van der Waals surface area contributed by atoms with Crippen molar-refractivity contribution in [1.29, 1.82) is 0 Å². The number of hydrogen-bond acceptors (Lipinski definition) is 9. The number of esters is 4. The molecule has 0 bridgehead atoms. The molecule has 0 saturated heterocycles. The minimum absolute atomic E-state index is 0.0412. The minimum atomic E-state index is -0.935. The molecule has 1 N–H and O–H groups in total. The van der Waals surface area contributed by atoms with Crippen molar-refractivity contribution in [2.75, 3.05) is 13.2 Å². The highest BCUT2D eigenvalue weighted by molar-refractivity contribution is 5.87. The van der Waals surface area contributed by atoms with E-state index in [1.54, 1.807) is 41.5 Å². The number of aliphatic carboxylic acids is 1. The van der Waals surface area contributed by atoms with E-state index >= 15 is 0 Å². The maximum absolute atomic E-state index is 10.6. The van der Waals surface area contributed by atoms with Crippen LogP contribution in [0.5, 0.6) is 0 Å². The number of carbonyl (C=O) groups is 5. The summed E-state index contributed by atoms with van der Waals surface area (Å²) < 4.78 is 18.8. The van der Waals surface area contributed by atoms with E-state index < -0.39 is 5.97 Å². The molecule has 0 atom stereocenters. The van der Waals surface area contributed by atoms with Crippen molar-refractivity contribution < 1.29 is 48.0 Å². The molecular weight excluding hydrogens is 532 g/mol. The van der Waals surface area contributed by atoms with E-state index in [-0.39, 0.29) is 41.7 Å². The van der Waals surface area contributed by atoms with Crippen LogP contribution in [0, 0.1) is 0 Å². The Balaban J connectivity index is -0.000000133. The Labute approximate surface area is 246 Å². The summed E-state index contributed by atoms with van der Waals surface area (Å²) in [5, 5.41) is 7.89. The van der Waals surface area contributed by atoms with E-state index in [1.165, 1.54) is 13.0 Å². The molecule has 0 aromatic carbocycles. The van der Waals surface area contributed by atoms with Gasteiger partial charge in [0.2, 0.25) is 0 Å². The molecule has 236 valence electrons. The molecule has 0 unspecified atom stereocenters. The van der Waals surface area contributed by atoms with E-state index in [4.69, 9.17) is 14.6 Å². The smallest absolute Gasteiger partial charge is 0.333 e. The highest BCUT2D eigenvalue weighted by Gasteiger charge is 2.04. The summed E-state index contributed by atoms with van der Waals surface area (Å²) in [4.78, 5) is 51.4. The minimum Gasteiger partial charge on any atom is -0.478 e. The Hall–Kier alpha value is -3.95. The molecule has 0 aliphatic rings. The third-order valence-electron chi connectivity index (χ3n) is 3.27. The molecule has 0 aromatic heterocycles. The fourth-order valence-electron chi connectivity index (χ4n) is 1.29. The number of unbranched alkanes of at least 4 members (excludes halogenated alkanes) is 1. The second-order valence-electron chi connectivity index (χ2n) is 8.65. The Morgan fingerprint density at radius 1 is 0.659 bits per heavy atom. The third kappa shape index (κ3) is 49.5. The molecule has 0 aliphatic heterocycles. The van der Waals surface area contributed by atoms with Crippen molar-refractivity contribution in [3.05, 3.63) is 61.8 Å². The van der Waals surface area contributed by atoms with Crippen LogP contribution in [0.3, 0.4) is 0 Å². The van der Waals surface area contributed by atoms with Crippen LogP contribution in [0.4, 0.5) is 0 Å². The summed E-state index contributed by atoms with van der Waals surface area (Å²) in [6.45, 7) is 33.4. The summed E-state index contributed by atoms with van der Waals surface area (Å²) in [6, 6.07) is 0. The standard InChI is InChI=1S/3C7H12O2.C6H10O2.C4H6O2/c1-5(2)7(8)9-6(3)4;1-4-5-9-7(8)6(2)3;1-3-5-6-9-7(8)4-2;1-4-6(7)8-5(2)3;1-3(2)4(5)6/h6H,1H2,2-4H3;2,4-5H2,1,3H3;4H,2-3,5-6H2,1H3;4-5H,1H2,2-3H3;1H2,2H3,(H,5,6). The molecule has 0 rings (SSSR count). The highest BCUT2D eigenvalue weighted by Crippen LogP contribution is 1.96. The number of rotatable bonds is 12. The van der Waals surface area contributed by atoms with Gasteiger partial charge in [0.25, 0.3) is 0 Å². The van der Waals surface area contributed by atoms with Gasteiger partial charge < -0.3 is 24.1 Å².